The van der Waals surface area contributed by atoms with E-state index in [9.17, 15) is 4.79 Å². The van der Waals surface area contributed by atoms with Crippen molar-refractivity contribution < 1.29 is 9.53 Å². The van der Waals surface area contributed by atoms with E-state index in [1.165, 1.54) is 12.4 Å². The first-order valence-electron chi connectivity index (χ1n) is 7.85. The predicted octanol–water partition coefficient (Wildman–Crippen LogP) is 2.82. The Morgan fingerprint density at radius 2 is 2.04 bits per heavy atom. The third-order valence-electron chi connectivity index (χ3n) is 4.03. The first kappa shape index (κ1) is 16.2. The highest BCUT2D eigenvalue weighted by Crippen LogP contribution is 2.20. The van der Waals surface area contributed by atoms with Gasteiger partial charge in [-0.05, 0) is 31.0 Å². The quantitative estimate of drug-likeness (QED) is 0.700. The van der Waals surface area contributed by atoms with E-state index >= 15 is 0 Å². The summed E-state index contributed by atoms with van der Waals surface area (Å²) >= 11 is 6.92. The number of halogens is 1. The number of amides is 1. The van der Waals surface area contributed by atoms with Gasteiger partial charge in [0, 0.05) is 12.1 Å². The summed E-state index contributed by atoms with van der Waals surface area (Å²) in [6.07, 6.45) is 4.57. The second-order valence-electron chi connectivity index (χ2n) is 5.78. The number of hydrogen-bond donors (Lipinski definition) is 0. The van der Waals surface area contributed by atoms with Crippen LogP contribution in [-0.4, -0.2) is 48.7 Å². The second kappa shape index (κ2) is 6.89. The molecule has 25 heavy (non-hydrogen) atoms. The first-order valence-corrected chi connectivity index (χ1v) is 8.96. The van der Waals surface area contributed by atoms with Crippen molar-refractivity contribution in [2.24, 2.45) is 0 Å². The number of benzene rings is 1. The average Bonchev–Trinajstić information content (AvgIpc) is 3.11. The molecular weight excluding hydrogens is 362 g/mol. The number of aromatic nitrogens is 4. The molecule has 0 unspecified atom stereocenters. The van der Waals surface area contributed by atoms with Crippen molar-refractivity contribution >= 4 is 40.3 Å². The zero-order valence-electron chi connectivity index (χ0n) is 13.1. The normalized spacial score (nSPS) is 17.6. The van der Waals surface area contributed by atoms with Crippen molar-refractivity contribution in [3.8, 4) is 6.01 Å². The van der Waals surface area contributed by atoms with Gasteiger partial charge in [-0.3, -0.25) is 4.79 Å². The molecule has 1 aromatic carbocycles. The van der Waals surface area contributed by atoms with Gasteiger partial charge in [0.1, 0.15) is 17.1 Å². The second-order valence-corrected chi connectivity index (χ2v) is 6.75. The summed E-state index contributed by atoms with van der Waals surface area (Å²) in [4.78, 5) is 22.7. The molecule has 4 rings (SSSR count). The number of likely N-dealkylation sites (tertiary alicyclic amines) is 1. The highest BCUT2D eigenvalue weighted by Gasteiger charge is 2.26. The molecular formula is C16H14ClN5O2S. The van der Waals surface area contributed by atoms with Crippen molar-refractivity contribution in [3.63, 3.8) is 0 Å². The minimum Gasteiger partial charge on any atom is -0.458 e. The molecule has 3 heterocycles. The van der Waals surface area contributed by atoms with Crippen molar-refractivity contribution in [3.05, 3.63) is 41.2 Å². The molecule has 0 spiro atoms. The van der Waals surface area contributed by atoms with Gasteiger partial charge < -0.3 is 9.64 Å². The predicted molar refractivity (Wildman–Crippen MR) is 94.0 cm³/mol. The van der Waals surface area contributed by atoms with Gasteiger partial charge in [0.05, 0.1) is 35.7 Å². The fraction of sp³-hybridized carbons (Fsp3) is 0.312. The number of nitrogens with zero attached hydrogens (tertiary/aromatic N) is 5. The molecule has 1 aliphatic rings. The molecule has 1 atom stereocenters. The maximum absolute atomic E-state index is 12.8. The zero-order chi connectivity index (χ0) is 17.2. The van der Waals surface area contributed by atoms with E-state index < -0.39 is 0 Å². The van der Waals surface area contributed by atoms with Crippen LogP contribution in [0.25, 0.3) is 11.0 Å². The molecule has 1 aliphatic heterocycles. The van der Waals surface area contributed by atoms with Crippen LogP contribution < -0.4 is 4.74 Å². The van der Waals surface area contributed by atoms with E-state index in [4.69, 9.17) is 16.3 Å². The molecule has 7 nitrogen and oxygen atoms in total. The Hall–Kier alpha value is -2.32. The number of carbonyl (C=O) groups is 1. The number of fused-ring (bicyclic) bond motifs is 1. The fourth-order valence-corrected chi connectivity index (χ4v) is 3.44. The molecule has 1 saturated heterocycles. The van der Waals surface area contributed by atoms with Crippen molar-refractivity contribution in [2.75, 3.05) is 13.1 Å². The molecule has 3 aromatic rings. The maximum atomic E-state index is 12.8. The van der Waals surface area contributed by atoms with E-state index in [0.29, 0.717) is 23.7 Å². The first-order chi connectivity index (χ1) is 12.2. The zero-order valence-corrected chi connectivity index (χ0v) is 14.7. The van der Waals surface area contributed by atoms with Gasteiger partial charge in [0.25, 0.3) is 5.91 Å². The molecule has 9 heteroatoms. The molecule has 2 aromatic heterocycles. The lowest BCUT2D eigenvalue weighted by Gasteiger charge is -2.32. The minimum absolute atomic E-state index is 0.0276. The third kappa shape index (κ3) is 3.54. The average molecular weight is 376 g/mol. The highest BCUT2D eigenvalue weighted by atomic mass is 35.5. The van der Waals surface area contributed by atoms with Gasteiger partial charge in [-0.2, -0.15) is 8.75 Å². The van der Waals surface area contributed by atoms with E-state index in [2.05, 4.69) is 18.7 Å². The largest absolute Gasteiger partial charge is 0.458 e. The summed E-state index contributed by atoms with van der Waals surface area (Å²) in [6.45, 7) is 1.20. The number of hydrogen-bond acceptors (Lipinski definition) is 7. The summed E-state index contributed by atoms with van der Waals surface area (Å²) in [5, 5.41) is 0.458. The van der Waals surface area contributed by atoms with E-state index in [1.54, 1.807) is 17.0 Å². The maximum Gasteiger partial charge on any atom is 0.316 e. The molecule has 0 radical (unpaired) electrons. The number of ether oxygens (including phenoxy) is 1. The Labute approximate surface area is 152 Å². The monoisotopic (exact) mass is 375 g/mol. The Kier molecular flexibility index (Phi) is 4.46. The SMILES string of the molecule is O=C(c1ccc2nsnc2c1)N1CCC[C@H](Oc2ncc(Cl)cn2)C1. The van der Waals surface area contributed by atoms with Gasteiger partial charge in [0.15, 0.2) is 0 Å². The molecule has 0 bridgehead atoms. The summed E-state index contributed by atoms with van der Waals surface area (Å²) < 4.78 is 14.1. The number of rotatable bonds is 3. The van der Waals surface area contributed by atoms with Crippen LogP contribution in [0.15, 0.2) is 30.6 Å². The Morgan fingerprint density at radius 3 is 2.88 bits per heavy atom. The number of carbonyl (C=O) groups excluding carboxylic acids is 1. The van der Waals surface area contributed by atoms with Crippen molar-refractivity contribution in [2.45, 2.75) is 18.9 Å². The summed E-state index contributed by atoms with van der Waals surface area (Å²) in [5.41, 5.74) is 2.17. The van der Waals surface area contributed by atoms with Gasteiger partial charge >= 0.3 is 6.01 Å². The molecule has 1 fully saturated rings. The van der Waals surface area contributed by atoms with Crippen molar-refractivity contribution in [1.29, 1.82) is 0 Å². The van der Waals surface area contributed by atoms with Crippen LogP contribution in [0, 0.1) is 0 Å². The summed E-state index contributed by atoms with van der Waals surface area (Å²) in [7, 11) is 0. The molecule has 0 aliphatic carbocycles. The lowest BCUT2D eigenvalue weighted by molar-refractivity contribution is 0.0516. The van der Waals surface area contributed by atoms with E-state index in [-0.39, 0.29) is 18.0 Å². The van der Waals surface area contributed by atoms with Crippen LogP contribution >= 0.6 is 23.3 Å². The Bertz CT molecular complexity index is 901. The third-order valence-corrected chi connectivity index (χ3v) is 4.79. The van der Waals surface area contributed by atoms with Crippen LogP contribution in [-0.2, 0) is 0 Å². The van der Waals surface area contributed by atoms with Crippen LogP contribution in [0.4, 0.5) is 0 Å². The Morgan fingerprint density at radius 1 is 1.24 bits per heavy atom. The van der Waals surface area contributed by atoms with Crippen LogP contribution in [0.2, 0.25) is 5.02 Å². The van der Waals surface area contributed by atoms with Gasteiger partial charge in [-0.15, -0.1) is 0 Å². The van der Waals surface area contributed by atoms with Crippen LogP contribution in [0.1, 0.15) is 23.2 Å². The molecule has 0 N–H and O–H groups in total. The lowest BCUT2D eigenvalue weighted by Crippen LogP contribution is -2.44. The van der Waals surface area contributed by atoms with Gasteiger partial charge in [-0.1, -0.05) is 11.6 Å². The summed E-state index contributed by atoms with van der Waals surface area (Å²) in [6, 6.07) is 5.68. The van der Waals surface area contributed by atoms with E-state index in [1.807, 2.05) is 6.07 Å². The fourth-order valence-electron chi connectivity index (χ4n) is 2.83. The van der Waals surface area contributed by atoms with Crippen LogP contribution in [0.5, 0.6) is 6.01 Å². The lowest BCUT2D eigenvalue weighted by atomic mass is 10.1. The number of piperidine rings is 1. The molecule has 0 saturated carbocycles. The topological polar surface area (TPSA) is 81.1 Å². The van der Waals surface area contributed by atoms with E-state index in [0.717, 1.165) is 35.6 Å². The standard InChI is InChI=1S/C16H14ClN5O2S/c17-11-7-18-16(19-8-11)24-12-2-1-5-22(9-12)15(23)10-3-4-13-14(6-10)21-25-20-13/h3-4,6-8,12H,1-2,5,9H2/t12-/m0/s1. The van der Waals surface area contributed by atoms with Gasteiger partial charge in [0.2, 0.25) is 0 Å². The smallest absolute Gasteiger partial charge is 0.316 e. The Balaban J connectivity index is 1.46. The molecule has 1 amide bonds. The summed E-state index contributed by atoms with van der Waals surface area (Å²) in [5.74, 6) is -0.0276. The highest BCUT2D eigenvalue weighted by molar-refractivity contribution is 7.00. The molecule has 128 valence electrons. The van der Waals surface area contributed by atoms with Crippen LogP contribution in [0.3, 0.4) is 0 Å². The minimum atomic E-state index is -0.136. The van der Waals surface area contributed by atoms with Crippen molar-refractivity contribution in [1.82, 2.24) is 23.6 Å². The van der Waals surface area contributed by atoms with Gasteiger partial charge in [-0.25, -0.2) is 9.97 Å².